The lowest BCUT2D eigenvalue weighted by atomic mass is 10.2. The first-order valence-corrected chi connectivity index (χ1v) is 9.70. The molecule has 0 fully saturated rings. The van der Waals surface area contributed by atoms with E-state index in [1.807, 2.05) is 13.8 Å². The van der Waals surface area contributed by atoms with E-state index in [0.29, 0.717) is 37.7 Å². The third kappa shape index (κ3) is 8.22. The maximum Gasteiger partial charge on any atom is 0.241 e. The van der Waals surface area contributed by atoms with Crippen LogP contribution in [-0.4, -0.2) is 46.7 Å². The first-order chi connectivity index (χ1) is 11.8. The van der Waals surface area contributed by atoms with Gasteiger partial charge >= 0.3 is 0 Å². The average molecular weight is 410 g/mol. The molecule has 0 spiro atoms. The molecule has 150 valence electrons. The zero-order valence-electron chi connectivity index (χ0n) is 15.3. The summed E-state index contributed by atoms with van der Waals surface area (Å²) in [6, 6.07) is 4.29. The van der Waals surface area contributed by atoms with E-state index in [-0.39, 0.29) is 29.9 Å². The van der Waals surface area contributed by atoms with E-state index in [4.69, 9.17) is 15.2 Å². The largest absolute Gasteiger partial charge is 0.490 e. The lowest BCUT2D eigenvalue weighted by Gasteiger charge is -2.13. The van der Waals surface area contributed by atoms with Crippen LogP contribution in [0, 0.1) is 0 Å². The Morgan fingerprint density at radius 1 is 1.19 bits per heavy atom. The number of amides is 1. The van der Waals surface area contributed by atoms with Gasteiger partial charge in [0.15, 0.2) is 11.5 Å². The molecule has 0 aliphatic carbocycles. The van der Waals surface area contributed by atoms with Crippen LogP contribution in [0.3, 0.4) is 0 Å². The van der Waals surface area contributed by atoms with Crippen molar-refractivity contribution in [1.29, 1.82) is 0 Å². The fourth-order valence-electron chi connectivity index (χ4n) is 1.94. The predicted octanol–water partition coefficient (Wildman–Crippen LogP) is 1.04. The highest BCUT2D eigenvalue weighted by atomic mass is 35.5. The molecule has 0 heterocycles. The number of halogens is 1. The molecular formula is C16H28ClN3O5S. The summed E-state index contributed by atoms with van der Waals surface area (Å²) in [6.07, 6.45) is 0.620. The first kappa shape index (κ1) is 24.5. The molecule has 1 atom stereocenters. The number of hydrogen-bond donors (Lipinski definition) is 3. The highest BCUT2D eigenvalue weighted by molar-refractivity contribution is 7.89. The van der Waals surface area contributed by atoms with Crippen molar-refractivity contribution < 1.29 is 22.7 Å². The molecule has 4 N–H and O–H groups in total. The van der Waals surface area contributed by atoms with Gasteiger partial charge in [0, 0.05) is 18.7 Å². The Morgan fingerprint density at radius 3 is 2.38 bits per heavy atom. The van der Waals surface area contributed by atoms with E-state index in [2.05, 4.69) is 10.0 Å². The van der Waals surface area contributed by atoms with E-state index < -0.39 is 15.9 Å². The number of ether oxygens (including phenoxy) is 2. The molecule has 8 nitrogen and oxygen atoms in total. The molecule has 0 saturated carbocycles. The Bertz CT molecular complexity index is 668. The quantitative estimate of drug-likeness (QED) is 0.502. The van der Waals surface area contributed by atoms with Crippen LogP contribution in [0.2, 0.25) is 0 Å². The van der Waals surface area contributed by atoms with Crippen LogP contribution in [0.1, 0.15) is 27.2 Å². The highest BCUT2D eigenvalue weighted by Gasteiger charge is 2.18. The van der Waals surface area contributed by atoms with Crippen LogP contribution < -0.4 is 25.2 Å². The molecule has 1 unspecified atom stereocenters. The minimum absolute atomic E-state index is 0. The molecule has 0 saturated heterocycles. The Labute approximate surface area is 161 Å². The van der Waals surface area contributed by atoms with Gasteiger partial charge in [-0.05, 0) is 39.3 Å². The van der Waals surface area contributed by atoms with Gasteiger partial charge in [0.25, 0.3) is 0 Å². The molecule has 1 amide bonds. The van der Waals surface area contributed by atoms with Crippen LogP contribution in [0.25, 0.3) is 0 Å². The maximum absolute atomic E-state index is 12.3. The SMILES string of the molecule is CCOc1ccc(S(=O)(=O)NCC(=O)NCCC(C)N)cc1OCC.Cl. The van der Waals surface area contributed by atoms with Crippen LogP contribution in [0.15, 0.2) is 23.1 Å². The predicted molar refractivity (Wildman–Crippen MR) is 102 cm³/mol. The number of hydrogen-bond acceptors (Lipinski definition) is 6. The van der Waals surface area contributed by atoms with Gasteiger partial charge < -0.3 is 20.5 Å². The molecule has 0 aromatic heterocycles. The number of carbonyl (C=O) groups excluding carboxylic acids is 1. The monoisotopic (exact) mass is 409 g/mol. The van der Waals surface area contributed by atoms with Crippen molar-refractivity contribution in [2.24, 2.45) is 5.73 Å². The third-order valence-electron chi connectivity index (χ3n) is 3.17. The summed E-state index contributed by atoms with van der Waals surface area (Å²) >= 11 is 0. The molecule has 26 heavy (non-hydrogen) atoms. The summed E-state index contributed by atoms with van der Waals surface area (Å²) in [6.45, 7) is 6.31. The maximum atomic E-state index is 12.3. The topological polar surface area (TPSA) is 120 Å². The first-order valence-electron chi connectivity index (χ1n) is 8.21. The molecule has 1 aromatic rings. The fraction of sp³-hybridized carbons (Fsp3) is 0.562. The number of rotatable bonds is 11. The molecule has 1 rings (SSSR count). The van der Waals surface area contributed by atoms with Gasteiger partial charge in [-0.2, -0.15) is 0 Å². The molecule has 0 aliphatic heterocycles. The number of benzene rings is 1. The summed E-state index contributed by atoms with van der Waals surface area (Å²) in [5, 5.41) is 2.61. The van der Waals surface area contributed by atoms with Crippen LogP contribution in [0.5, 0.6) is 11.5 Å². The minimum Gasteiger partial charge on any atom is -0.490 e. The van der Waals surface area contributed by atoms with Crippen molar-refractivity contribution in [3.63, 3.8) is 0 Å². The van der Waals surface area contributed by atoms with Crippen molar-refractivity contribution in [3.05, 3.63) is 18.2 Å². The Balaban J connectivity index is 0.00000625. The van der Waals surface area contributed by atoms with E-state index in [1.165, 1.54) is 18.2 Å². The summed E-state index contributed by atoms with van der Waals surface area (Å²) in [4.78, 5) is 11.7. The van der Waals surface area contributed by atoms with E-state index >= 15 is 0 Å². The zero-order chi connectivity index (χ0) is 18.9. The van der Waals surface area contributed by atoms with Crippen molar-refractivity contribution in [1.82, 2.24) is 10.0 Å². The van der Waals surface area contributed by atoms with Crippen molar-refractivity contribution in [2.75, 3.05) is 26.3 Å². The third-order valence-corrected chi connectivity index (χ3v) is 4.57. The second kappa shape index (κ2) is 11.9. The Morgan fingerprint density at radius 2 is 1.81 bits per heavy atom. The Hall–Kier alpha value is -1.55. The summed E-state index contributed by atoms with van der Waals surface area (Å²) in [5.41, 5.74) is 5.59. The Kier molecular flexibility index (Phi) is 11.2. The van der Waals surface area contributed by atoms with Gasteiger partial charge in [0.1, 0.15) is 0 Å². The number of nitrogens with one attached hydrogen (secondary N) is 2. The van der Waals surface area contributed by atoms with Gasteiger partial charge in [-0.25, -0.2) is 13.1 Å². The lowest BCUT2D eigenvalue weighted by molar-refractivity contribution is -0.119. The van der Waals surface area contributed by atoms with E-state index in [9.17, 15) is 13.2 Å². The van der Waals surface area contributed by atoms with Gasteiger partial charge in [0.05, 0.1) is 24.7 Å². The summed E-state index contributed by atoms with van der Waals surface area (Å²) in [5.74, 6) is 0.394. The van der Waals surface area contributed by atoms with Gasteiger partial charge in [-0.3, -0.25) is 4.79 Å². The van der Waals surface area contributed by atoms with Crippen molar-refractivity contribution in [2.45, 2.75) is 38.1 Å². The van der Waals surface area contributed by atoms with Crippen molar-refractivity contribution in [3.8, 4) is 11.5 Å². The zero-order valence-corrected chi connectivity index (χ0v) is 16.9. The standard InChI is InChI=1S/C16H27N3O5S.ClH/c1-4-23-14-7-6-13(10-15(14)24-5-2)25(21,22)19-11-16(20)18-9-8-12(3)17;/h6-7,10,12,19H,4-5,8-9,11,17H2,1-3H3,(H,18,20);1H. The van der Waals surface area contributed by atoms with E-state index in [1.54, 1.807) is 6.92 Å². The highest BCUT2D eigenvalue weighted by Crippen LogP contribution is 2.30. The average Bonchev–Trinajstić information content (AvgIpc) is 2.54. The van der Waals surface area contributed by atoms with E-state index in [0.717, 1.165) is 0 Å². The van der Waals surface area contributed by atoms with Crippen LogP contribution in [0.4, 0.5) is 0 Å². The number of nitrogens with two attached hydrogens (primary N) is 1. The summed E-state index contributed by atoms with van der Waals surface area (Å²) < 4.78 is 37.8. The van der Waals surface area contributed by atoms with Gasteiger partial charge in [0.2, 0.25) is 15.9 Å². The van der Waals surface area contributed by atoms with Crippen LogP contribution >= 0.6 is 12.4 Å². The minimum atomic E-state index is -3.84. The molecule has 0 bridgehead atoms. The second-order valence-corrected chi connectivity index (χ2v) is 7.18. The molecular weight excluding hydrogens is 382 g/mol. The second-order valence-electron chi connectivity index (χ2n) is 5.42. The molecule has 1 aromatic carbocycles. The smallest absolute Gasteiger partial charge is 0.241 e. The molecule has 10 heteroatoms. The molecule has 0 aliphatic rings. The summed E-state index contributed by atoms with van der Waals surface area (Å²) in [7, 11) is -3.84. The lowest BCUT2D eigenvalue weighted by Crippen LogP contribution is -2.38. The number of carbonyl (C=O) groups is 1. The molecule has 0 radical (unpaired) electrons. The fourth-order valence-corrected chi connectivity index (χ4v) is 2.94. The van der Waals surface area contributed by atoms with Crippen LogP contribution in [-0.2, 0) is 14.8 Å². The van der Waals surface area contributed by atoms with Gasteiger partial charge in [-0.15, -0.1) is 12.4 Å². The number of sulfonamides is 1. The van der Waals surface area contributed by atoms with Crippen molar-refractivity contribution >= 4 is 28.3 Å². The van der Waals surface area contributed by atoms with Gasteiger partial charge in [-0.1, -0.05) is 0 Å². The normalized spacial score (nSPS) is 12.0.